The van der Waals surface area contributed by atoms with Gasteiger partial charge in [0.15, 0.2) is 5.96 Å². The second kappa shape index (κ2) is 10.6. The van der Waals surface area contributed by atoms with Gasteiger partial charge in [0, 0.05) is 32.5 Å². The number of halogens is 1. The lowest BCUT2D eigenvalue weighted by Gasteiger charge is -2.12. The van der Waals surface area contributed by atoms with Crippen molar-refractivity contribution in [2.75, 3.05) is 38.7 Å². The molecule has 1 rings (SSSR count). The van der Waals surface area contributed by atoms with Crippen molar-refractivity contribution >= 4 is 17.6 Å². The fourth-order valence-electron chi connectivity index (χ4n) is 1.68. The number of benzene rings is 1. The molecular formula is C15H23FN4O2. The molecule has 7 heteroatoms. The van der Waals surface area contributed by atoms with E-state index in [1.165, 1.54) is 18.2 Å². The summed E-state index contributed by atoms with van der Waals surface area (Å²) in [4.78, 5) is 15.8. The van der Waals surface area contributed by atoms with Gasteiger partial charge in [-0.05, 0) is 31.5 Å². The van der Waals surface area contributed by atoms with E-state index in [1.54, 1.807) is 13.1 Å². The number of aliphatic imine (C=N–C) groups is 1. The zero-order valence-electron chi connectivity index (χ0n) is 13.0. The van der Waals surface area contributed by atoms with Crippen molar-refractivity contribution in [3.05, 3.63) is 30.1 Å². The summed E-state index contributed by atoms with van der Waals surface area (Å²) in [5.74, 6) is -0.133. The number of carbonyl (C=O) groups is 1. The average molecular weight is 310 g/mol. The topological polar surface area (TPSA) is 74.8 Å². The Morgan fingerprint density at radius 3 is 2.86 bits per heavy atom. The standard InChI is InChI=1S/C15H23FN4O2/c1-3-22-9-5-8-18-15(17-2)19-11-14(21)20-13-7-4-6-12(16)10-13/h4,6-7,10H,3,5,8-9,11H2,1-2H3,(H,20,21)(H2,17,18,19). The Morgan fingerprint density at radius 1 is 1.36 bits per heavy atom. The molecule has 0 spiro atoms. The van der Waals surface area contributed by atoms with E-state index < -0.39 is 5.82 Å². The highest BCUT2D eigenvalue weighted by molar-refractivity contribution is 5.94. The third kappa shape index (κ3) is 7.58. The van der Waals surface area contributed by atoms with Crippen molar-refractivity contribution in [3.8, 4) is 0 Å². The number of hydrogen-bond acceptors (Lipinski definition) is 3. The molecule has 0 aliphatic rings. The summed E-state index contributed by atoms with van der Waals surface area (Å²) in [5, 5.41) is 8.56. The lowest BCUT2D eigenvalue weighted by atomic mass is 10.3. The van der Waals surface area contributed by atoms with Gasteiger partial charge in [0.1, 0.15) is 5.82 Å². The predicted octanol–water partition coefficient (Wildman–Crippen LogP) is 1.36. The fraction of sp³-hybridized carbons (Fsp3) is 0.467. The average Bonchev–Trinajstić information content (AvgIpc) is 2.50. The molecule has 0 aliphatic carbocycles. The molecule has 3 N–H and O–H groups in total. The molecule has 0 unspecified atom stereocenters. The maximum Gasteiger partial charge on any atom is 0.243 e. The number of guanidine groups is 1. The minimum absolute atomic E-state index is 0.0433. The van der Waals surface area contributed by atoms with Crippen LogP contribution in [0.3, 0.4) is 0 Å². The van der Waals surface area contributed by atoms with E-state index in [0.717, 1.165) is 6.42 Å². The summed E-state index contributed by atoms with van der Waals surface area (Å²) in [6, 6.07) is 5.75. The number of nitrogens with one attached hydrogen (secondary N) is 3. The molecule has 0 saturated heterocycles. The van der Waals surface area contributed by atoms with Gasteiger partial charge in [-0.2, -0.15) is 0 Å². The number of amides is 1. The van der Waals surface area contributed by atoms with Crippen molar-refractivity contribution in [1.82, 2.24) is 10.6 Å². The molecule has 1 aromatic carbocycles. The van der Waals surface area contributed by atoms with Crippen LogP contribution >= 0.6 is 0 Å². The molecule has 0 saturated carbocycles. The summed E-state index contributed by atoms with van der Waals surface area (Å²) < 4.78 is 18.2. The summed E-state index contributed by atoms with van der Waals surface area (Å²) in [6.45, 7) is 4.08. The molecule has 0 aliphatic heterocycles. The van der Waals surface area contributed by atoms with Crippen molar-refractivity contribution in [2.45, 2.75) is 13.3 Å². The third-order valence-electron chi connectivity index (χ3n) is 2.71. The zero-order valence-corrected chi connectivity index (χ0v) is 13.0. The summed E-state index contributed by atoms with van der Waals surface area (Å²) in [5.41, 5.74) is 0.423. The Hall–Kier alpha value is -2.15. The maximum atomic E-state index is 13.0. The summed E-state index contributed by atoms with van der Waals surface area (Å²) in [7, 11) is 1.63. The Labute approximate surface area is 130 Å². The van der Waals surface area contributed by atoms with Gasteiger partial charge in [-0.15, -0.1) is 0 Å². The Morgan fingerprint density at radius 2 is 2.18 bits per heavy atom. The first kappa shape index (κ1) is 17.9. The maximum absolute atomic E-state index is 13.0. The van der Waals surface area contributed by atoms with Gasteiger partial charge in [-0.25, -0.2) is 4.39 Å². The smallest absolute Gasteiger partial charge is 0.243 e. The molecular weight excluding hydrogens is 287 g/mol. The van der Waals surface area contributed by atoms with E-state index in [0.29, 0.717) is 31.4 Å². The van der Waals surface area contributed by atoms with Crippen LogP contribution in [-0.4, -0.2) is 45.2 Å². The van der Waals surface area contributed by atoms with Crippen LogP contribution in [0.1, 0.15) is 13.3 Å². The highest BCUT2D eigenvalue weighted by Gasteiger charge is 2.04. The third-order valence-corrected chi connectivity index (χ3v) is 2.71. The lowest BCUT2D eigenvalue weighted by molar-refractivity contribution is -0.115. The summed E-state index contributed by atoms with van der Waals surface area (Å²) in [6.07, 6.45) is 0.851. The number of rotatable bonds is 8. The van der Waals surface area contributed by atoms with Crippen molar-refractivity contribution in [3.63, 3.8) is 0 Å². The van der Waals surface area contributed by atoms with Crippen molar-refractivity contribution in [1.29, 1.82) is 0 Å². The highest BCUT2D eigenvalue weighted by atomic mass is 19.1. The van der Waals surface area contributed by atoms with Gasteiger partial charge in [0.2, 0.25) is 5.91 Å². The molecule has 1 amide bonds. The van der Waals surface area contributed by atoms with E-state index in [2.05, 4.69) is 20.9 Å². The largest absolute Gasteiger partial charge is 0.382 e. The first-order valence-electron chi connectivity index (χ1n) is 7.23. The van der Waals surface area contributed by atoms with E-state index >= 15 is 0 Å². The van der Waals surface area contributed by atoms with Gasteiger partial charge in [-0.1, -0.05) is 6.07 Å². The number of hydrogen-bond donors (Lipinski definition) is 3. The minimum Gasteiger partial charge on any atom is -0.382 e. The minimum atomic E-state index is -0.391. The Bertz CT molecular complexity index is 494. The first-order valence-corrected chi connectivity index (χ1v) is 7.23. The molecule has 0 fully saturated rings. The highest BCUT2D eigenvalue weighted by Crippen LogP contribution is 2.08. The molecule has 0 heterocycles. The molecule has 0 aromatic heterocycles. The van der Waals surface area contributed by atoms with Gasteiger partial charge >= 0.3 is 0 Å². The second-order valence-electron chi connectivity index (χ2n) is 4.46. The van der Waals surface area contributed by atoms with Crippen LogP contribution in [0.4, 0.5) is 10.1 Å². The van der Waals surface area contributed by atoms with Crippen LogP contribution in [0.5, 0.6) is 0 Å². The molecule has 1 aromatic rings. The molecule has 0 bridgehead atoms. The molecule has 6 nitrogen and oxygen atoms in total. The summed E-state index contributed by atoms with van der Waals surface area (Å²) >= 11 is 0. The van der Waals surface area contributed by atoms with E-state index in [1.807, 2.05) is 6.92 Å². The van der Waals surface area contributed by atoms with Crippen LogP contribution in [0.15, 0.2) is 29.3 Å². The van der Waals surface area contributed by atoms with Crippen LogP contribution in [0, 0.1) is 5.82 Å². The Kier molecular flexibility index (Phi) is 8.59. The lowest BCUT2D eigenvalue weighted by Crippen LogP contribution is -2.41. The van der Waals surface area contributed by atoms with Crippen molar-refractivity contribution in [2.24, 2.45) is 4.99 Å². The van der Waals surface area contributed by atoms with E-state index in [4.69, 9.17) is 4.74 Å². The van der Waals surface area contributed by atoms with Crippen LogP contribution in [0.25, 0.3) is 0 Å². The monoisotopic (exact) mass is 310 g/mol. The molecule has 0 radical (unpaired) electrons. The second-order valence-corrected chi connectivity index (χ2v) is 4.46. The number of anilines is 1. The van der Waals surface area contributed by atoms with Gasteiger partial charge in [-0.3, -0.25) is 9.79 Å². The van der Waals surface area contributed by atoms with Crippen LogP contribution in [0.2, 0.25) is 0 Å². The molecule has 0 atom stereocenters. The van der Waals surface area contributed by atoms with Crippen molar-refractivity contribution < 1.29 is 13.9 Å². The van der Waals surface area contributed by atoms with Crippen LogP contribution < -0.4 is 16.0 Å². The normalized spacial score (nSPS) is 11.1. The van der Waals surface area contributed by atoms with E-state index in [9.17, 15) is 9.18 Å². The fourth-order valence-corrected chi connectivity index (χ4v) is 1.68. The first-order chi connectivity index (χ1) is 10.7. The molecule has 22 heavy (non-hydrogen) atoms. The van der Waals surface area contributed by atoms with Gasteiger partial charge in [0.05, 0.1) is 6.54 Å². The SMILES string of the molecule is CCOCCCNC(=NC)NCC(=O)Nc1cccc(F)c1. The van der Waals surface area contributed by atoms with Crippen LogP contribution in [-0.2, 0) is 9.53 Å². The number of carbonyl (C=O) groups excluding carboxylic acids is 1. The Balaban J connectivity index is 2.26. The molecule has 122 valence electrons. The predicted molar refractivity (Wildman–Crippen MR) is 85.5 cm³/mol. The van der Waals surface area contributed by atoms with E-state index in [-0.39, 0.29) is 12.5 Å². The van der Waals surface area contributed by atoms with Gasteiger partial charge in [0.25, 0.3) is 0 Å². The number of ether oxygens (including phenoxy) is 1. The quantitative estimate of drug-likeness (QED) is 0.385. The zero-order chi connectivity index (χ0) is 16.2. The number of nitrogens with zero attached hydrogens (tertiary/aromatic N) is 1. The van der Waals surface area contributed by atoms with Gasteiger partial charge < -0.3 is 20.7 Å².